The highest BCUT2D eigenvalue weighted by Crippen LogP contribution is 2.35. The van der Waals surface area contributed by atoms with E-state index < -0.39 is 5.79 Å². The Hall–Kier alpha value is -0.160. The standard InChI is InChI=1S/C15H30O4/c1-10(2)16-9-13-8-14(17-11(3)4)15(7,19-13)18-12(5)6/h10-14H,8-9H2,1-7H3. The molecule has 0 aliphatic carbocycles. The van der Waals surface area contributed by atoms with Crippen molar-refractivity contribution in [2.75, 3.05) is 6.61 Å². The SMILES string of the molecule is CC(C)OCC1CC(OC(C)C)C(C)(OC(C)C)O1. The fourth-order valence-electron chi connectivity index (χ4n) is 2.39. The molecule has 0 bridgehead atoms. The molecule has 1 saturated heterocycles. The summed E-state index contributed by atoms with van der Waals surface area (Å²) >= 11 is 0. The largest absolute Gasteiger partial charge is 0.376 e. The molecule has 0 spiro atoms. The van der Waals surface area contributed by atoms with Crippen LogP contribution in [0.25, 0.3) is 0 Å². The average molecular weight is 274 g/mol. The van der Waals surface area contributed by atoms with Crippen molar-refractivity contribution in [1.29, 1.82) is 0 Å². The van der Waals surface area contributed by atoms with Crippen molar-refractivity contribution in [1.82, 2.24) is 0 Å². The minimum absolute atomic E-state index is 0.0369. The first kappa shape index (κ1) is 16.9. The quantitative estimate of drug-likeness (QED) is 0.714. The van der Waals surface area contributed by atoms with Gasteiger partial charge in [0.25, 0.3) is 0 Å². The third kappa shape index (κ3) is 5.38. The zero-order valence-corrected chi connectivity index (χ0v) is 13.4. The summed E-state index contributed by atoms with van der Waals surface area (Å²) in [7, 11) is 0. The zero-order valence-electron chi connectivity index (χ0n) is 13.4. The van der Waals surface area contributed by atoms with Crippen molar-refractivity contribution in [2.24, 2.45) is 0 Å². The van der Waals surface area contributed by atoms with E-state index >= 15 is 0 Å². The summed E-state index contributed by atoms with van der Waals surface area (Å²) in [5, 5.41) is 0. The predicted octanol–water partition coefficient (Wildman–Crippen LogP) is 3.14. The van der Waals surface area contributed by atoms with E-state index in [0.717, 1.165) is 6.42 Å². The molecule has 0 aromatic carbocycles. The molecule has 114 valence electrons. The van der Waals surface area contributed by atoms with Gasteiger partial charge in [-0.05, 0) is 48.5 Å². The molecule has 1 heterocycles. The maximum absolute atomic E-state index is 6.05. The summed E-state index contributed by atoms with van der Waals surface area (Å²) in [6.07, 6.45) is 1.28. The first-order valence-electron chi connectivity index (χ1n) is 7.35. The van der Waals surface area contributed by atoms with Crippen LogP contribution in [0.1, 0.15) is 54.9 Å². The molecule has 0 aromatic heterocycles. The van der Waals surface area contributed by atoms with Crippen molar-refractivity contribution in [3.8, 4) is 0 Å². The number of hydrogen-bond donors (Lipinski definition) is 0. The molecule has 19 heavy (non-hydrogen) atoms. The van der Waals surface area contributed by atoms with Crippen LogP contribution < -0.4 is 0 Å². The van der Waals surface area contributed by atoms with Crippen LogP contribution in [0.15, 0.2) is 0 Å². The zero-order chi connectivity index (χ0) is 14.6. The van der Waals surface area contributed by atoms with Gasteiger partial charge in [0, 0.05) is 6.42 Å². The molecule has 3 unspecified atom stereocenters. The summed E-state index contributed by atoms with van der Waals surface area (Å²) in [6.45, 7) is 14.7. The van der Waals surface area contributed by atoms with Crippen molar-refractivity contribution >= 4 is 0 Å². The van der Waals surface area contributed by atoms with Gasteiger partial charge in [0.2, 0.25) is 0 Å². The Labute approximate surface area is 117 Å². The van der Waals surface area contributed by atoms with E-state index in [1.54, 1.807) is 0 Å². The summed E-state index contributed by atoms with van der Waals surface area (Å²) < 4.78 is 23.6. The second-order valence-corrected chi connectivity index (χ2v) is 6.21. The van der Waals surface area contributed by atoms with Crippen LogP contribution in [0.4, 0.5) is 0 Å². The van der Waals surface area contributed by atoms with E-state index in [9.17, 15) is 0 Å². The number of ether oxygens (including phenoxy) is 4. The highest BCUT2D eigenvalue weighted by molar-refractivity contribution is 4.88. The van der Waals surface area contributed by atoms with E-state index in [4.69, 9.17) is 18.9 Å². The normalized spacial score (nSPS) is 31.9. The van der Waals surface area contributed by atoms with Gasteiger partial charge in [-0.2, -0.15) is 0 Å². The molecule has 1 rings (SSSR count). The van der Waals surface area contributed by atoms with Gasteiger partial charge in [-0.25, -0.2) is 0 Å². The molecule has 4 nitrogen and oxygen atoms in total. The van der Waals surface area contributed by atoms with E-state index in [-0.39, 0.29) is 30.5 Å². The first-order valence-corrected chi connectivity index (χ1v) is 7.35. The van der Waals surface area contributed by atoms with Crippen LogP contribution in [0, 0.1) is 0 Å². The molecule has 0 amide bonds. The van der Waals surface area contributed by atoms with Crippen LogP contribution in [0.5, 0.6) is 0 Å². The van der Waals surface area contributed by atoms with Crippen molar-refractivity contribution in [3.05, 3.63) is 0 Å². The molecule has 0 N–H and O–H groups in total. The van der Waals surface area contributed by atoms with Crippen LogP contribution in [0.3, 0.4) is 0 Å². The van der Waals surface area contributed by atoms with Gasteiger partial charge < -0.3 is 18.9 Å². The van der Waals surface area contributed by atoms with Gasteiger partial charge >= 0.3 is 0 Å². The minimum atomic E-state index is -0.677. The second kappa shape index (κ2) is 7.02. The molecule has 0 aromatic rings. The van der Waals surface area contributed by atoms with E-state index in [0.29, 0.717) is 6.61 Å². The maximum atomic E-state index is 6.05. The first-order chi connectivity index (χ1) is 8.73. The van der Waals surface area contributed by atoms with Crippen LogP contribution in [0.2, 0.25) is 0 Å². The second-order valence-electron chi connectivity index (χ2n) is 6.21. The predicted molar refractivity (Wildman–Crippen MR) is 75.2 cm³/mol. The Morgan fingerprint density at radius 3 is 2.16 bits per heavy atom. The van der Waals surface area contributed by atoms with Gasteiger partial charge in [-0.1, -0.05) is 0 Å². The summed E-state index contributed by atoms with van der Waals surface area (Å²) in [5.74, 6) is -0.677. The molecule has 1 aliphatic rings. The Balaban J connectivity index is 2.64. The third-order valence-electron chi connectivity index (χ3n) is 2.98. The number of rotatable bonds is 7. The highest BCUT2D eigenvalue weighted by atomic mass is 16.7. The van der Waals surface area contributed by atoms with Gasteiger partial charge in [0.1, 0.15) is 6.10 Å². The van der Waals surface area contributed by atoms with Gasteiger partial charge in [0.15, 0.2) is 5.79 Å². The fourth-order valence-corrected chi connectivity index (χ4v) is 2.39. The van der Waals surface area contributed by atoms with Crippen molar-refractivity contribution < 1.29 is 18.9 Å². The van der Waals surface area contributed by atoms with Crippen molar-refractivity contribution in [3.63, 3.8) is 0 Å². The minimum Gasteiger partial charge on any atom is -0.376 e. The molecular formula is C15H30O4. The Morgan fingerprint density at radius 2 is 1.68 bits per heavy atom. The Morgan fingerprint density at radius 1 is 1.05 bits per heavy atom. The maximum Gasteiger partial charge on any atom is 0.192 e. The molecule has 0 radical (unpaired) electrons. The lowest BCUT2D eigenvalue weighted by atomic mass is 10.1. The van der Waals surface area contributed by atoms with Crippen molar-refractivity contribution in [2.45, 2.75) is 91.2 Å². The topological polar surface area (TPSA) is 36.9 Å². The summed E-state index contributed by atoms with van der Waals surface area (Å²) in [6, 6.07) is 0. The smallest absolute Gasteiger partial charge is 0.192 e. The Kier molecular flexibility index (Phi) is 6.24. The summed E-state index contributed by atoms with van der Waals surface area (Å²) in [5.41, 5.74) is 0. The molecular weight excluding hydrogens is 244 g/mol. The number of hydrogen-bond acceptors (Lipinski definition) is 4. The van der Waals surface area contributed by atoms with Gasteiger partial charge in [-0.3, -0.25) is 0 Å². The lowest BCUT2D eigenvalue weighted by molar-refractivity contribution is -0.275. The van der Waals surface area contributed by atoms with Gasteiger partial charge in [-0.15, -0.1) is 0 Å². The van der Waals surface area contributed by atoms with E-state index in [1.807, 2.05) is 48.5 Å². The summed E-state index contributed by atoms with van der Waals surface area (Å²) in [4.78, 5) is 0. The van der Waals surface area contributed by atoms with E-state index in [1.165, 1.54) is 0 Å². The van der Waals surface area contributed by atoms with E-state index in [2.05, 4.69) is 0 Å². The fraction of sp³-hybridized carbons (Fsp3) is 1.00. The average Bonchev–Trinajstić information content (AvgIpc) is 2.50. The molecule has 1 fully saturated rings. The lowest BCUT2D eigenvalue weighted by Gasteiger charge is -2.33. The lowest BCUT2D eigenvalue weighted by Crippen LogP contribution is -2.43. The molecule has 1 aliphatic heterocycles. The Bertz CT molecular complexity index is 265. The highest BCUT2D eigenvalue weighted by Gasteiger charge is 2.48. The molecule has 4 heteroatoms. The van der Waals surface area contributed by atoms with Gasteiger partial charge in [0.05, 0.1) is 31.0 Å². The van der Waals surface area contributed by atoms with Crippen LogP contribution in [-0.2, 0) is 18.9 Å². The van der Waals surface area contributed by atoms with Crippen LogP contribution >= 0.6 is 0 Å². The molecule has 0 saturated carbocycles. The third-order valence-corrected chi connectivity index (χ3v) is 2.98. The molecule has 3 atom stereocenters. The van der Waals surface area contributed by atoms with Crippen LogP contribution in [-0.4, -0.2) is 42.9 Å². The monoisotopic (exact) mass is 274 g/mol.